The SMILES string of the molecule is CCC(C#N)Cc1ccc(OC)c(Br)c1. The Morgan fingerprint density at radius 3 is 2.73 bits per heavy atom. The van der Waals surface area contributed by atoms with Crippen LogP contribution in [0.2, 0.25) is 0 Å². The van der Waals surface area contributed by atoms with Gasteiger partial charge in [-0.25, -0.2) is 0 Å². The summed E-state index contributed by atoms with van der Waals surface area (Å²) in [6, 6.07) is 8.24. The average molecular weight is 268 g/mol. The molecule has 1 rings (SSSR count). The number of halogens is 1. The minimum atomic E-state index is 0.102. The zero-order valence-corrected chi connectivity index (χ0v) is 10.5. The van der Waals surface area contributed by atoms with E-state index in [9.17, 15) is 0 Å². The monoisotopic (exact) mass is 267 g/mol. The molecule has 0 aliphatic rings. The van der Waals surface area contributed by atoms with Crippen molar-refractivity contribution in [3.8, 4) is 11.8 Å². The van der Waals surface area contributed by atoms with Crippen LogP contribution in [-0.2, 0) is 6.42 Å². The molecular weight excluding hydrogens is 254 g/mol. The molecule has 1 aromatic rings. The normalized spacial score (nSPS) is 11.9. The molecule has 0 fully saturated rings. The molecule has 0 N–H and O–H groups in total. The summed E-state index contributed by atoms with van der Waals surface area (Å²) < 4.78 is 6.09. The van der Waals surface area contributed by atoms with Crippen molar-refractivity contribution in [2.45, 2.75) is 19.8 Å². The van der Waals surface area contributed by atoms with E-state index in [1.165, 1.54) is 0 Å². The van der Waals surface area contributed by atoms with Gasteiger partial charge in [0.15, 0.2) is 0 Å². The number of hydrogen-bond donors (Lipinski definition) is 0. The maximum absolute atomic E-state index is 8.87. The number of nitriles is 1. The van der Waals surface area contributed by atoms with Gasteiger partial charge in [0.05, 0.1) is 23.6 Å². The fourth-order valence-corrected chi connectivity index (χ4v) is 1.99. The van der Waals surface area contributed by atoms with Crippen molar-refractivity contribution in [1.29, 1.82) is 5.26 Å². The summed E-state index contributed by atoms with van der Waals surface area (Å²) in [7, 11) is 1.64. The van der Waals surface area contributed by atoms with Crippen LogP contribution >= 0.6 is 15.9 Å². The molecule has 0 aromatic heterocycles. The maximum atomic E-state index is 8.87. The molecule has 0 amide bonds. The first-order chi connectivity index (χ1) is 7.21. The second-order valence-electron chi connectivity index (χ2n) is 3.41. The van der Waals surface area contributed by atoms with Crippen LogP contribution in [0.1, 0.15) is 18.9 Å². The number of methoxy groups -OCH3 is 1. The third kappa shape index (κ3) is 3.24. The predicted octanol–water partition coefficient (Wildman–Crippen LogP) is 3.55. The molecule has 0 aliphatic carbocycles. The molecule has 1 aromatic carbocycles. The zero-order valence-electron chi connectivity index (χ0n) is 8.96. The lowest BCUT2D eigenvalue weighted by Crippen LogP contribution is -2.00. The van der Waals surface area contributed by atoms with Crippen LogP contribution < -0.4 is 4.74 Å². The summed E-state index contributed by atoms with van der Waals surface area (Å²) in [5, 5.41) is 8.87. The van der Waals surface area contributed by atoms with Crippen molar-refractivity contribution in [1.82, 2.24) is 0 Å². The topological polar surface area (TPSA) is 33.0 Å². The van der Waals surface area contributed by atoms with E-state index in [1.54, 1.807) is 7.11 Å². The van der Waals surface area contributed by atoms with Gasteiger partial charge >= 0.3 is 0 Å². The predicted molar refractivity (Wildman–Crippen MR) is 63.8 cm³/mol. The average Bonchev–Trinajstić information content (AvgIpc) is 2.26. The zero-order chi connectivity index (χ0) is 11.3. The highest BCUT2D eigenvalue weighted by Gasteiger charge is 2.07. The lowest BCUT2D eigenvalue weighted by atomic mass is 9.98. The van der Waals surface area contributed by atoms with Crippen molar-refractivity contribution < 1.29 is 4.74 Å². The van der Waals surface area contributed by atoms with E-state index in [0.717, 1.165) is 28.6 Å². The van der Waals surface area contributed by atoms with Crippen LogP contribution in [0.4, 0.5) is 0 Å². The molecular formula is C12H14BrNO. The Morgan fingerprint density at radius 2 is 2.27 bits per heavy atom. The smallest absolute Gasteiger partial charge is 0.133 e. The minimum absolute atomic E-state index is 0.102. The molecule has 0 spiro atoms. The quantitative estimate of drug-likeness (QED) is 0.836. The Hall–Kier alpha value is -1.01. The fraction of sp³-hybridized carbons (Fsp3) is 0.417. The lowest BCUT2D eigenvalue weighted by Gasteiger charge is -2.08. The molecule has 0 bridgehead atoms. The van der Waals surface area contributed by atoms with Gasteiger partial charge in [-0.2, -0.15) is 5.26 Å². The van der Waals surface area contributed by atoms with Crippen LogP contribution in [-0.4, -0.2) is 7.11 Å². The Bertz CT molecular complexity index is 370. The molecule has 15 heavy (non-hydrogen) atoms. The van der Waals surface area contributed by atoms with Crippen molar-refractivity contribution in [2.75, 3.05) is 7.11 Å². The van der Waals surface area contributed by atoms with Crippen molar-refractivity contribution in [3.05, 3.63) is 28.2 Å². The summed E-state index contributed by atoms with van der Waals surface area (Å²) in [6.07, 6.45) is 1.69. The van der Waals surface area contributed by atoms with Crippen LogP contribution in [0.15, 0.2) is 22.7 Å². The Labute approximate surface area is 99.0 Å². The second kappa shape index (κ2) is 5.77. The van der Waals surface area contributed by atoms with Gasteiger partial charge in [0, 0.05) is 0 Å². The first-order valence-corrected chi connectivity index (χ1v) is 5.72. The van der Waals surface area contributed by atoms with Crippen LogP contribution in [0, 0.1) is 17.2 Å². The summed E-state index contributed by atoms with van der Waals surface area (Å²) in [5.41, 5.74) is 1.16. The highest BCUT2D eigenvalue weighted by Crippen LogP contribution is 2.26. The van der Waals surface area contributed by atoms with Gasteiger partial charge in [-0.1, -0.05) is 13.0 Å². The highest BCUT2D eigenvalue weighted by atomic mass is 79.9. The number of nitrogens with zero attached hydrogens (tertiary/aromatic N) is 1. The van der Waals surface area contributed by atoms with Gasteiger partial charge < -0.3 is 4.74 Å². The van der Waals surface area contributed by atoms with Crippen LogP contribution in [0.5, 0.6) is 5.75 Å². The number of ether oxygens (including phenoxy) is 1. The molecule has 3 heteroatoms. The lowest BCUT2D eigenvalue weighted by molar-refractivity contribution is 0.412. The number of benzene rings is 1. The molecule has 0 saturated carbocycles. The van der Waals surface area contributed by atoms with Gasteiger partial charge in [-0.3, -0.25) is 0 Å². The van der Waals surface area contributed by atoms with Gasteiger partial charge in [-0.15, -0.1) is 0 Å². The van der Waals surface area contributed by atoms with E-state index in [-0.39, 0.29) is 5.92 Å². The van der Waals surface area contributed by atoms with E-state index >= 15 is 0 Å². The molecule has 0 heterocycles. The van der Waals surface area contributed by atoms with E-state index in [2.05, 4.69) is 22.0 Å². The highest BCUT2D eigenvalue weighted by molar-refractivity contribution is 9.10. The van der Waals surface area contributed by atoms with Gasteiger partial charge in [0.2, 0.25) is 0 Å². The first kappa shape index (κ1) is 12.1. The molecule has 0 aliphatic heterocycles. The molecule has 1 unspecified atom stereocenters. The Balaban J connectivity index is 2.80. The van der Waals surface area contributed by atoms with Gasteiger partial charge in [0.25, 0.3) is 0 Å². The Kier molecular flexibility index (Phi) is 4.64. The fourth-order valence-electron chi connectivity index (χ4n) is 1.40. The summed E-state index contributed by atoms with van der Waals surface area (Å²) in [4.78, 5) is 0. The van der Waals surface area contributed by atoms with Crippen molar-refractivity contribution in [2.24, 2.45) is 5.92 Å². The van der Waals surface area contributed by atoms with Gasteiger partial charge in [-0.05, 0) is 46.5 Å². The van der Waals surface area contributed by atoms with E-state index < -0.39 is 0 Å². The summed E-state index contributed by atoms with van der Waals surface area (Å²) in [6.45, 7) is 2.03. The third-order valence-corrected chi connectivity index (χ3v) is 2.99. The molecule has 2 nitrogen and oxygen atoms in total. The first-order valence-electron chi connectivity index (χ1n) is 4.93. The standard InChI is InChI=1S/C12H14BrNO/c1-3-9(8-14)6-10-4-5-12(15-2)11(13)7-10/h4-5,7,9H,3,6H2,1-2H3. The number of hydrogen-bond acceptors (Lipinski definition) is 2. The van der Waals surface area contributed by atoms with Crippen molar-refractivity contribution >= 4 is 15.9 Å². The molecule has 0 saturated heterocycles. The third-order valence-electron chi connectivity index (χ3n) is 2.37. The summed E-state index contributed by atoms with van der Waals surface area (Å²) >= 11 is 3.43. The molecule has 1 atom stereocenters. The van der Waals surface area contributed by atoms with E-state index in [4.69, 9.17) is 10.00 Å². The second-order valence-corrected chi connectivity index (χ2v) is 4.26. The Morgan fingerprint density at radius 1 is 1.53 bits per heavy atom. The van der Waals surface area contributed by atoms with E-state index in [0.29, 0.717) is 0 Å². The molecule has 0 radical (unpaired) electrons. The maximum Gasteiger partial charge on any atom is 0.133 e. The van der Waals surface area contributed by atoms with Crippen LogP contribution in [0.25, 0.3) is 0 Å². The molecule has 80 valence electrons. The van der Waals surface area contributed by atoms with E-state index in [1.807, 2.05) is 25.1 Å². The minimum Gasteiger partial charge on any atom is -0.496 e. The van der Waals surface area contributed by atoms with Crippen molar-refractivity contribution in [3.63, 3.8) is 0 Å². The van der Waals surface area contributed by atoms with Gasteiger partial charge in [0.1, 0.15) is 5.75 Å². The number of rotatable bonds is 4. The largest absolute Gasteiger partial charge is 0.496 e. The summed E-state index contributed by atoms with van der Waals surface area (Å²) in [5.74, 6) is 0.925. The van der Waals surface area contributed by atoms with Crippen LogP contribution in [0.3, 0.4) is 0 Å².